The van der Waals surface area contributed by atoms with E-state index < -0.39 is 6.09 Å². The fourth-order valence-electron chi connectivity index (χ4n) is 2.47. The third kappa shape index (κ3) is 3.75. The molecule has 0 aliphatic carbocycles. The van der Waals surface area contributed by atoms with Gasteiger partial charge in [0.25, 0.3) is 0 Å². The minimum Gasteiger partial charge on any atom is -0.493 e. The normalized spacial score (nSPS) is 10.7. The van der Waals surface area contributed by atoms with Crippen LogP contribution in [0.3, 0.4) is 0 Å². The molecule has 1 aromatic carbocycles. The van der Waals surface area contributed by atoms with Crippen LogP contribution >= 0.6 is 11.8 Å². The smallest absolute Gasteiger partial charge is 0.412 e. The van der Waals surface area contributed by atoms with Gasteiger partial charge in [0.1, 0.15) is 5.65 Å². The van der Waals surface area contributed by atoms with Gasteiger partial charge in [0.15, 0.2) is 16.7 Å². The molecule has 0 atom stereocenters. The minimum absolute atomic E-state index is 0.339. The average Bonchev–Trinajstić information content (AvgIpc) is 3.11. The van der Waals surface area contributed by atoms with Crippen LogP contribution < -0.4 is 14.8 Å². The van der Waals surface area contributed by atoms with Crippen molar-refractivity contribution < 1.29 is 14.3 Å². The number of amides is 1. The van der Waals surface area contributed by atoms with E-state index in [0.717, 1.165) is 27.8 Å². The molecule has 1 amide bonds. The lowest BCUT2D eigenvalue weighted by molar-refractivity contribution is 0.199. The van der Waals surface area contributed by atoms with Gasteiger partial charge in [0.2, 0.25) is 0 Å². The molecule has 0 bridgehead atoms. The number of carbonyl (C=O) groups excluding carboxylic acids is 1. The molecule has 3 aromatic rings. The Kier molecular flexibility index (Phi) is 5.62. The lowest BCUT2D eigenvalue weighted by Crippen LogP contribution is -2.26. The van der Waals surface area contributed by atoms with Crippen LogP contribution in [-0.2, 0) is 0 Å². The molecule has 0 aliphatic heterocycles. The topological polar surface area (TPSA) is 77.8 Å². The molecule has 136 valence electrons. The molecule has 7 nitrogen and oxygen atoms in total. The van der Waals surface area contributed by atoms with Crippen molar-refractivity contribution in [3.05, 3.63) is 36.7 Å². The van der Waals surface area contributed by atoms with Crippen LogP contribution in [0.5, 0.6) is 11.5 Å². The summed E-state index contributed by atoms with van der Waals surface area (Å²) >= 11 is 1.64. The largest absolute Gasteiger partial charge is 0.493 e. The standard InChI is InChI=1S/C18H20N4O3S/c1-4-19-18(23)25-15-10-12(6-7-14(15)24-3)13-11-16-20-8-9-22(16)17(21-13)26-5-2/h6-11H,4-5H2,1-3H3,(H,19,23). The third-order valence-electron chi connectivity index (χ3n) is 3.61. The average molecular weight is 372 g/mol. The molecule has 0 aliphatic rings. The van der Waals surface area contributed by atoms with Gasteiger partial charge in [0, 0.05) is 30.6 Å². The molecule has 8 heteroatoms. The number of aromatic nitrogens is 3. The highest BCUT2D eigenvalue weighted by Gasteiger charge is 2.14. The van der Waals surface area contributed by atoms with Gasteiger partial charge >= 0.3 is 6.09 Å². The van der Waals surface area contributed by atoms with E-state index in [9.17, 15) is 4.79 Å². The van der Waals surface area contributed by atoms with Gasteiger partial charge in [-0.3, -0.25) is 4.40 Å². The monoisotopic (exact) mass is 372 g/mol. The number of ether oxygens (including phenoxy) is 2. The van der Waals surface area contributed by atoms with Gasteiger partial charge in [-0.05, 0) is 30.9 Å². The SMILES string of the molecule is CCNC(=O)Oc1cc(-c2cc3nccn3c(SCC)n2)ccc1OC. The molecule has 0 saturated heterocycles. The van der Waals surface area contributed by atoms with E-state index in [2.05, 4.69) is 17.2 Å². The van der Waals surface area contributed by atoms with E-state index in [0.29, 0.717) is 18.0 Å². The lowest BCUT2D eigenvalue weighted by atomic mass is 10.1. The maximum atomic E-state index is 11.8. The predicted octanol–water partition coefficient (Wildman–Crippen LogP) is 3.63. The molecule has 0 spiro atoms. The Morgan fingerprint density at radius 1 is 1.27 bits per heavy atom. The van der Waals surface area contributed by atoms with Crippen LogP contribution in [-0.4, -0.2) is 39.9 Å². The van der Waals surface area contributed by atoms with Crippen molar-refractivity contribution in [2.75, 3.05) is 19.4 Å². The summed E-state index contributed by atoms with van der Waals surface area (Å²) < 4.78 is 12.6. The predicted molar refractivity (Wildman–Crippen MR) is 101 cm³/mol. The molecule has 2 aromatic heterocycles. The molecular formula is C18H20N4O3S. The third-order valence-corrected chi connectivity index (χ3v) is 4.45. The molecule has 0 saturated carbocycles. The highest BCUT2D eigenvalue weighted by Crippen LogP contribution is 2.33. The first-order chi connectivity index (χ1) is 12.7. The van der Waals surface area contributed by atoms with Crippen molar-refractivity contribution >= 4 is 23.5 Å². The molecule has 3 rings (SSSR count). The van der Waals surface area contributed by atoms with Crippen molar-refractivity contribution in [3.8, 4) is 22.8 Å². The Morgan fingerprint density at radius 2 is 2.12 bits per heavy atom. The van der Waals surface area contributed by atoms with E-state index in [-0.39, 0.29) is 0 Å². The van der Waals surface area contributed by atoms with Gasteiger partial charge in [-0.15, -0.1) is 0 Å². The summed E-state index contributed by atoms with van der Waals surface area (Å²) in [6.07, 6.45) is 3.11. The summed E-state index contributed by atoms with van der Waals surface area (Å²) in [6.45, 7) is 4.38. The molecule has 0 fully saturated rings. The number of nitrogens with zero attached hydrogens (tertiary/aromatic N) is 3. The molecule has 26 heavy (non-hydrogen) atoms. The number of fused-ring (bicyclic) bond motifs is 1. The molecular weight excluding hydrogens is 352 g/mol. The molecule has 2 heterocycles. The van der Waals surface area contributed by atoms with Gasteiger partial charge in [0.05, 0.1) is 12.8 Å². The number of thioether (sulfide) groups is 1. The van der Waals surface area contributed by atoms with E-state index in [1.165, 1.54) is 7.11 Å². The van der Waals surface area contributed by atoms with Crippen LogP contribution in [0.4, 0.5) is 4.79 Å². The van der Waals surface area contributed by atoms with Crippen LogP contribution in [0.15, 0.2) is 41.8 Å². The summed E-state index contributed by atoms with van der Waals surface area (Å²) in [5.41, 5.74) is 2.38. The van der Waals surface area contributed by atoms with E-state index >= 15 is 0 Å². The Hall–Kier alpha value is -2.74. The second kappa shape index (κ2) is 8.09. The number of hydrogen-bond acceptors (Lipinski definition) is 6. The lowest BCUT2D eigenvalue weighted by Gasteiger charge is -2.12. The second-order valence-corrected chi connectivity index (χ2v) is 6.53. The minimum atomic E-state index is -0.526. The van der Waals surface area contributed by atoms with Gasteiger partial charge in [-0.1, -0.05) is 18.7 Å². The Labute approximate surface area is 155 Å². The number of methoxy groups -OCH3 is 1. The first-order valence-electron chi connectivity index (χ1n) is 8.27. The van der Waals surface area contributed by atoms with Crippen molar-refractivity contribution in [3.63, 3.8) is 0 Å². The van der Waals surface area contributed by atoms with Crippen molar-refractivity contribution in [1.29, 1.82) is 0 Å². The molecule has 0 radical (unpaired) electrons. The maximum Gasteiger partial charge on any atom is 0.412 e. The number of benzene rings is 1. The van der Waals surface area contributed by atoms with Crippen molar-refractivity contribution in [2.45, 2.75) is 19.0 Å². The summed E-state index contributed by atoms with van der Waals surface area (Å²) in [7, 11) is 1.53. The zero-order valence-electron chi connectivity index (χ0n) is 14.9. The molecule has 0 unspecified atom stereocenters. The number of rotatable bonds is 6. The first-order valence-corrected chi connectivity index (χ1v) is 9.25. The quantitative estimate of drug-likeness (QED) is 0.526. The van der Waals surface area contributed by atoms with Crippen molar-refractivity contribution in [1.82, 2.24) is 19.7 Å². The maximum absolute atomic E-state index is 11.8. The summed E-state index contributed by atoms with van der Waals surface area (Å²) in [5, 5.41) is 3.46. The Morgan fingerprint density at radius 3 is 2.85 bits per heavy atom. The zero-order chi connectivity index (χ0) is 18.5. The Bertz CT molecular complexity index is 926. The number of hydrogen-bond donors (Lipinski definition) is 1. The van der Waals surface area contributed by atoms with E-state index in [4.69, 9.17) is 14.5 Å². The van der Waals surface area contributed by atoms with Crippen LogP contribution in [0, 0.1) is 0 Å². The molecule has 1 N–H and O–H groups in total. The second-order valence-electron chi connectivity index (χ2n) is 5.30. The highest BCUT2D eigenvalue weighted by molar-refractivity contribution is 7.99. The first kappa shape index (κ1) is 18.1. The summed E-state index contributed by atoms with van der Waals surface area (Å²) in [4.78, 5) is 20.9. The fourth-order valence-corrected chi connectivity index (χ4v) is 3.18. The van der Waals surface area contributed by atoms with Crippen molar-refractivity contribution in [2.24, 2.45) is 0 Å². The van der Waals surface area contributed by atoms with E-state index in [1.807, 2.05) is 29.7 Å². The Balaban J connectivity index is 2.03. The van der Waals surface area contributed by atoms with Gasteiger partial charge in [-0.25, -0.2) is 14.8 Å². The number of carbonyl (C=O) groups is 1. The highest BCUT2D eigenvalue weighted by atomic mass is 32.2. The number of nitrogens with one attached hydrogen (secondary N) is 1. The fraction of sp³-hybridized carbons (Fsp3) is 0.278. The van der Waals surface area contributed by atoms with Crippen LogP contribution in [0.25, 0.3) is 16.9 Å². The van der Waals surface area contributed by atoms with E-state index in [1.54, 1.807) is 30.1 Å². The number of imidazole rings is 1. The van der Waals surface area contributed by atoms with Crippen LogP contribution in [0.2, 0.25) is 0 Å². The van der Waals surface area contributed by atoms with Gasteiger partial charge < -0.3 is 14.8 Å². The zero-order valence-corrected chi connectivity index (χ0v) is 15.7. The summed E-state index contributed by atoms with van der Waals surface area (Å²) in [6, 6.07) is 7.28. The summed E-state index contributed by atoms with van der Waals surface area (Å²) in [5.74, 6) is 1.72. The van der Waals surface area contributed by atoms with Crippen LogP contribution in [0.1, 0.15) is 13.8 Å². The van der Waals surface area contributed by atoms with Gasteiger partial charge in [-0.2, -0.15) is 0 Å².